The van der Waals surface area contributed by atoms with Crippen LogP contribution in [0.3, 0.4) is 0 Å². The predicted molar refractivity (Wildman–Crippen MR) is 55.0 cm³/mol. The second-order valence-corrected chi connectivity index (χ2v) is 3.59. The quantitative estimate of drug-likeness (QED) is 0.634. The minimum atomic E-state index is -1.34. The van der Waals surface area contributed by atoms with Gasteiger partial charge in [-0.1, -0.05) is 6.08 Å². The molecule has 0 aromatic heterocycles. The fourth-order valence-electron chi connectivity index (χ4n) is 1.02. The van der Waals surface area contributed by atoms with Crippen LogP contribution in [-0.2, 0) is 9.53 Å². The molecule has 0 bridgehead atoms. The van der Waals surface area contributed by atoms with Crippen molar-refractivity contribution in [1.29, 1.82) is 0 Å². The molecule has 82 valence electrons. The number of carbonyl (C=O) groups is 1. The molecule has 0 aliphatic heterocycles. The van der Waals surface area contributed by atoms with Crippen molar-refractivity contribution in [2.24, 2.45) is 0 Å². The van der Waals surface area contributed by atoms with E-state index in [1.165, 1.54) is 18.7 Å². The minimum Gasteiger partial charge on any atom is -0.383 e. The van der Waals surface area contributed by atoms with Gasteiger partial charge in [-0.05, 0) is 13.8 Å². The second kappa shape index (κ2) is 5.78. The summed E-state index contributed by atoms with van der Waals surface area (Å²) in [5.74, 6) is -0.311. The van der Waals surface area contributed by atoms with E-state index in [4.69, 9.17) is 4.74 Å². The van der Waals surface area contributed by atoms with Crippen molar-refractivity contribution in [3.05, 3.63) is 12.7 Å². The Labute approximate surface area is 85.2 Å². The first kappa shape index (κ1) is 13.1. The van der Waals surface area contributed by atoms with Crippen molar-refractivity contribution in [2.75, 3.05) is 26.8 Å². The highest BCUT2D eigenvalue weighted by Crippen LogP contribution is 2.07. The first-order chi connectivity index (χ1) is 6.43. The lowest BCUT2D eigenvalue weighted by molar-refractivity contribution is -0.147. The maximum Gasteiger partial charge on any atom is 0.254 e. The van der Waals surface area contributed by atoms with Gasteiger partial charge >= 0.3 is 0 Å². The van der Waals surface area contributed by atoms with E-state index in [1.807, 2.05) is 0 Å². The Balaban J connectivity index is 4.32. The number of aliphatic hydroxyl groups is 1. The van der Waals surface area contributed by atoms with Crippen LogP contribution in [0.1, 0.15) is 13.8 Å². The summed E-state index contributed by atoms with van der Waals surface area (Å²) in [7, 11) is 1.57. The van der Waals surface area contributed by atoms with Gasteiger partial charge in [0, 0.05) is 20.2 Å². The third-order valence-electron chi connectivity index (χ3n) is 1.73. The molecule has 0 atom stereocenters. The van der Waals surface area contributed by atoms with Crippen LogP contribution < -0.4 is 0 Å². The molecule has 0 rings (SSSR count). The SMILES string of the molecule is C=CCN(CCOC)C(=O)C(C)(C)O. The molecule has 1 amide bonds. The molecule has 1 N–H and O–H groups in total. The smallest absolute Gasteiger partial charge is 0.254 e. The monoisotopic (exact) mass is 201 g/mol. The number of carbonyl (C=O) groups excluding carboxylic acids is 1. The van der Waals surface area contributed by atoms with Crippen molar-refractivity contribution >= 4 is 5.91 Å². The maximum atomic E-state index is 11.6. The molecule has 14 heavy (non-hydrogen) atoms. The van der Waals surface area contributed by atoms with Gasteiger partial charge in [-0.15, -0.1) is 6.58 Å². The van der Waals surface area contributed by atoms with Crippen molar-refractivity contribution in [2.45, 2.75) is 19.4 Å². The third-order valence-corrected chi connectivity index (χ3v) is 1.73. The Hall–Kier alpha value is -0.870. The average molecular weight is 201 g/mol. The number of rotatable bonds is 6. The van der Waals surface area contributed by atoms with Gasteiger partial charge in [0.05, 0.1) is 6.61 Å². The zero-order valence-electron chi connectivity index (χ0n) is 9.12. The molecule has 0 spiro atoms. The zero-order chi connectivity index (χ0) is 11.2. The molecular weight excluding hydrogens is 182 g/mol. The molecular formula is C10H19NO3. The molecule has 0 aromatic rings. The molecule has 0 saturated carbocycles. The number of nitrogens with zero attached hydrogens (tertiary/aromatic N) is 1. The van der Waals surface area contributed by atoms with Crippen molar-refractivity contribution in [1.82, 2.24) is 4.90 Å². The highest BCUT2D eigenvalue weighted by atomic mass is 16.5. The lowest BCUT2D eigenvalue weighted by atomic mass is 10.1. The van der Waals surface area contributed by atoms with Gasteiger partial charge in [0.15, 0.2) is 0 Å². The molecule has 0 radical (unpaired) electrons. The normalized spacial score (nSPS) is 11.1. The number of amides is 1. The molecule has 0 saturated heterocycles. The second-order valence-electron chi connectivity index (χ2n) is 3.59. The fourth-order valence-corrected chi connectivity index (χ4v) is 1.02. The number of hydrogen-bond donors (Lipinski definition) is 1. The molecule has 4 heteroatoms. The van der Waals surface area contributed by atoms with Gasteiger partial charge in [-0.25, -0.2) is 0 Å². The average Bonchev–Trinajstić information content (AvgIpc) is 2.09. The Morgan fingerprint density at radius 2 is 2.21 bits per heavy atom. The highest BCUT2D eigenvalue weighted by Gasteiger charge is 2.28. The van der Waals surface area contributed by atoms with E-state index in [1.54, 1.807) is 13.2 Å². The summed E-state index contributed by atoms with van der Waals surface area (Å²) in [5.41, 5.74) is -1.34. The van der Waals surface area contributed by atoms with Crippen LogP contribution in [0.2, 0.25) is 0 Å². The van der Waals surface area contributed by atoms with Gasteiger partial charge in [0.1, 0.15) is 5.60 Å². The topological polar surface area (TPSA) is 49.8 Å². The molecule has 0 heterocycles. The summed E-state index contributed by atoms with van der Waals surface area (Å²) in [6.07, 6.45) is 1.62. The lowest BCUT2D eigenvalue weighted by Crippen LogP contribution is -2.46. The van der Waals surface area contributed by atoms with Crippen molar-refractivity contribution in [3.8, 4) is 0 Å². The van der Waals surface area contributed by atoms with Crippen LogP contribution in [0.4, 0.5) is 0 Å². The van der Waals surface area contributed by atoms with E-state index in [0.717, 1.165) is 0 Å². The molecule has 4 nitrogen and oxygen atoms in total. The Morgan fingerprint density at radius 1 is 1.64 bits per heavy atom. The standard InChI is InChI=1S/C10H19NO3/c1-5-6-11(7-8-14-4)9(12)10(2,3)13/h5,13H,1,6-8H2,2-4H3. The highest BCUT2D eigenvalue weighted by molar-refractivity contribution is 5.84. The number of hydrogen-bond acceptors (Lipinski definition) is 3. The molecule has 0 aromatic carbocycles. The summed E-state index contributed by atoms with van der Waals surface area (Å²) in [6.45, 7) is 7.84. The molecule has 0 aliphatic rings. The van der Waals surface area contributed by atoms with Crippen LogP contribution in [0, 0.1) is 0 Å². The summed E-state index contributed by atoms with van der Waals surface area (Å²) in [4.78, 5) is 13.1. The van der Waals surface area contributed by atoms with Crippen LogP contribution in [0.5, 0.6) is 0 Å². The summed E-state index contributed by atoms with van der Waals surface area (Å²) < 4.78 is 4.87. The summed E-state index contributed by atoms with van der Waals surface area (Å²) in [5, 5.41) is 9.52. The van der Waals surface area contributed by atoms with E-state index in [9.17, 15) is 9.90 Å². The van der Waals surface area contributed by atoms with Crippen LogP contribution in [0.25, 0.3) is 0 Å². The van der Waals surface area contributed by atoms with Crippen LogP contribution in [-0.4, -0.2) is 48.3 Å². The van der Waals surface area contributed by atoms with Gasteiger partial charge < -0.3 is 14.7 Å². The summed E-state index contributed by atoms with van der Waals surface area (Å²) in [6, 6.07) is 0. The zero-order valence-corrected chi connectivity index (χ0v) is 9.12. The van der Waals surface area contributed by atoms with Crippen molar-refractivity contribution < 1.29 is 14.6 Å². The summed E-state index contributed by atoms with van der Waals surface area (Å²) >= 11 is 0. The number of ether oxygens (including phenoxy) is 1. The largest absolute Gasteiger partial charge is 0.383 e. The van der Waals surface area contributed by atoms with Gasteiger partial charge in [0.25, 0.3) is 5.91 Å². The maximum absolute atomic E-state index is 11.6. The van der Waals surface area contributed by atoms with E-state index in [2.05, 4.69) is 6.58 Å². The fraction of sp³-hybridized carbons (Fsp3) is 0.700. The number of methoxy groups -OCH3 is 1. The lowest BCUT2D eigenvalue weighted by Gasteiger charge is -2.27. The predicted octanol–water partition coefficient (Wildman–Crippen LogP) is 0.418. The Bertz CT molecular complexity index is 196. The first-order valence-corrected chi connectivity index (χ1v) is 4.55. The van der Waals surface area contributed by atoms with Gasteiger partial charge in [0.2, 0.25) is 0 Å². The molecule has 0 fully saturated rings. The Morgan fingerprint density at radius 3 is 2.57 bits per heavy atom. The molecule has 0 aliphatic carbocycles. The Kier molecular flexibility index (Phi) is 5.42. The minimum absolute atomic E-state index is 0.311. The van der Waals surface area contributed by atoms with Gasteiger partial charge in [-0.3, -0.25) is 4.79 Å². The first-order valence-electron chi connectivity index (χ1n) is 4.55. The van der Waals surface area contributed by atoms with E-state index in [-0.39, 0.29) is 5.91 Å². The van der Waals surface area contributed by atoms with E-state index in [0.29, 0.717) is 19.7 Å². The van der Waals surface area contributed by atoms with E-state index < -0.39 is 5.60 Å². The molecule has 0 unspecified atom stereocenters. The van der Waals surface area contributed by atoms with Crippen LogP contribution >= 0.6 is 0 Å². The van der Waals surface area contributed by atoms with Crippen molar-refractivity contribution in [3.63, 3.8) is 0 Å². The van der Waals surface area contributed by atoms with Gasteiger partial charge in [-0.2, -0.15) is 0 Å². The third kappa shape index (κ3) is 4.39. The van der Waals surface area contributed by atoms with Crippen LogP contribution in [0.15, 0.2) is 12.7 Å². The van der Waals surface area contributed by atoms with E-state index >= 15 is 0 Å².